The van der Waals surface area contributed by atoms with Crippen molar-refractivity contribution >= 4 is 5.91 Å². The zero-order chi connectivity index (χ0) is 14.7. The fourth-order valence-corrected chi connectivity index (χ4v) is 2.26. The highest BCUT2D eigenvalue weighted by atomic mass is 19.1. The standard InChI is InChI=1S/C16H14FNO3/c17-14-6-12(15-13(7-14)9-20-10-21-15)8-18-16(19)11-4-2-1-3-5-11/h1-7H,8-10H2,(H,18,19). The van der Waals surface area contributed by atoms with Crippen LogP contribution in [0.15, 0.2) is 42.5 Å². The maximum atomic E-state index is 13.6. The molecule has 0 unspecified atom stereocenters. The smallest absolute Gasteiger partial charge is 0.251 e. The summed E-state index contributed by atoms with van der Waals surface area (Å²) in [6.07, 6.45) is 0. The van der Waals surface area contributed by atoms with E-state index in [2.05, 4.69) is 5.32 Å². The molecule has 108 valence electrons. The maximum Gasteiger partial charge on any atom is 0.251 e. The van der Waals surface area contributed by atoms with Crippen LogP contribution in [0.1, 0.15) is 21.5 Å². The van der Waals surface area contributed by atoms with E-state index in [1.807, 2.05) is 6.07 Å². The minimum absolute atomic E-state index is 0.137. The van der Waals surface area contributed by atoms with Crippen LogP contribution < -0.4 is 10.1 Å². The van der Waals surface area contributed by atoms with E-state index in [9.17, 15) is 9.18 Å². The predicted molar refractivity (Wildman–Crippen MR) is 74.3 cm³/mol. The lowest BCUT2D eigenvalue weighted by Gasteiger charge is -2.21. The van der Waals surface area contributed by atoms with Crippen LogP contribution >= 0.6 is 0 Å². The first-order valence-electron chi connectivity index (χ1n) is 6.59. The molecule has 21 heavy (non-hydrogen) atoms. The number of carbonyl (C=O) groups is 1. The number of fused-ring (bicyclic) bond motifs is 1. The van der Waals surface area contributed by atoms with Crippen LogP contribution in [-0.2, 0) is 17.9 Å². The number of halogens is 1. The second-order valence-corrected chi connectivity index (χ2v) is 4.71. The monoisotopic (exact) mass is 287 g/mol. The van der Waals surface area contributed by atoms with Gasteiger partial charge in [0.15, 0.2) is 6.79 Å². The van der Waals surface area contributed by atoms with Gasteiger partial charge >= 0.3 is 0 Å². The van der Waals surface area contributed by atoms with E-state index in [0.29, 0.717) is 29.0 Å². The van der Waals surface area contributed by atoms with Gasteiger partial charge < -0.3 is 14.8 Å². The number of rotatable bonds is 3. The van der Waals surface area contributed by atoms with Gasteiger partial charge in [0.05, 0.1) is 6.61 Å². The average Bonchev–Trinajstić information content (AvgIpc) is 2.53. The summed E-state index contributed by atoms with van der Waals surface area (Å²) in [5.74, 6) is 0.0171. The molecule has 1 heterocycles. The molecule has 0 aromatic heterocycles. The van der Waals surface area contributed by atoms with E-state index in [-0.39, 0.29) is 25.1 Å². The number of nitrogens with one attached hydrogen (secondary N) is 1. The fourth-order valence-electron chi connectivity index (χ4n) is 2.26. The SMILES string of the molecule is O=C(NCc1cc(F)cc2c1OCOC2)c1ccccc1. The zero-order valence-corrected chi connectivity index (χ0v) is 11.3. The largest absolute Gasteiger partial charge is 0.467 e. The van der Waals surface area contributed by atoms with E-state index in [0.717, 1.165) is 0 Å². The van der Waals surface area contributed by atoms with Crippen LogP contribution in [0.3, 0.4) is 0 Å². The normalized spacial score (nSPS) is 13.2. The summed E-state index contributed by atoms with van der Waals surface area (Å²) in [5.41, 5.74) is 1.83. The molecule has 0 radical (unpaired) electrons. The summed E-state index contributed by atoms with van der Waals surface area (Å²) in [7, 11) is 0. The van der Waals surface area contributed by atoms with Gasteiger partial charge in [0.2, 0.25) is 0 Å². The molecule has 0 saturated heterocycles. The summed E-state index contributed by atoms with van der Waals surface area (Å²) in [4.78, 5) is 12.0. The Balaban J connectivity index is 1.76. The van der Waals surface area contributed by atoms with Crippen LogP contribution in [0.5, 0.6) is 5.75 Å². The quantitative estimate of drug-likeness (QED) is 0.944. The van der Waals surface area contributed by atoms with Crippen molar-refractivity contribution in [3.05, 3.63) is 65.0 Å². The summed E-state index contributed by atoms with van der Waals surface area (Å²) >= 11 is 0. The van der Waals surface area contributed by atoms with E-state index in [4.69, 9.17) is 9.47 Å². The molecule has 5 heteroatoms. The fraction of sp³-hybridized carbons (Fsp3) is 0.188. The Morgan fingerprint density at radius 1 is 1.24 bits per heavy atom. The minimum atomic E-state index is -0.369. The van der Waals surface area contributed by atoms with Crippen molar-refractivity contribution < 1.29 is 18.7 Å². The highest BCUT2D eigenvalue weighted by molar-refractivity contribution is 5.94. The molecule has 1 aliphatic rings. The first-order valence-corrected chi connectivity index (χ1v) is 6.59. The van der Waals surface area contributed by atoms with Gasteiger partial charge in [0.1, 0.15) is 11.6 Å². The minimum Gasteiger partial charge on any atom is -0.467 e. The molecule has 4 nitrogen and oxygen atoms in total. The molecule has 2 aromatic carbocycles. The number of hydrogen-bond acceptors (Lipinski definition) is 3. The van der Waals surface area contributed by atoms with Crippen molar-refractivity contribution in [2.24, 2.45) is 0 Å². The van der Waals surface area contributed by atoms with Gasteiger partial charge in [-0.15, -0.1) is 0 Å². The second kappa shape index (κ2) is 5.93. The number of carbonyl (C=O) groups excluding carboxylic acids is 1. The van der Waals surface area contributed by atoms with E-state index in [1.54, 1.807) is 24.3 Å². The third-order valence-corrected chi connectivity index (χ3v) is 3.23. The zero-order valence-electron chi connectivity index (χ0n) is 11.3. The van der Waals surface area contributed by atoms with Crippen molar-refractivity contribution in [3.8, 4) is 5.75 Å². The first kappa shape index (κ1) is 13.6. The molecule has 0 aliphatic carbocycles. The molecule has 1 aliphatic heterocycles. The lowest BCUT2D eigenvalue weighted by molar-refractivity contribution is -0.0173. The molecular weight excluding hydrogens is 273 g/mol. The van der Waals surface area contributed by atoms with E-state index < -0.39 is 0 Å². The molecule has 3 rings (SSSR count). The summed E-state index contributed by atoms with van der Waals surface area (Å²) in [5, 5.41) is 2.77. The topological polar surface area (TPSA) is 47.6 Å². The molecule has 0 spiro atoms. The third kappa shape index (κ3) is 3.03. The molecule has 0 bridgehead atoms. The van der Waals surface area contributed by atoms with Gasteiger partial charge in [-0.25, -0.2) is 4.39 Å². The van der Waals surface area contributed by atoms with Crippen molar-refractivity contribution in [2.75, 3.05) is 6.79 Å². The van der Waals surface area contributed by atoms with Crippen molar-refractivity contribution in [1.82, 2.24) is 5.32 Å². The summed E-state index contributed by atoms with van der Waals surface area (Å²) < 4.78 is 24.1. The van der Waals surface area contributed by atoms with Gasteiger partial charge in [-0.05, 0) is 24.3 Å². The van der Waals surface area contributed by atoms with Gasteiger partial charge in [-0.2, -0.15) is 0 Å². The van der Waals surface area contributed by atoms with Gasteiger partial charge in [-0.1, -0.05) is 18.2 Å². The van der Waals surface area contributed by atoms with E-state index in [1.165, 1.54) is 12.1 Å². The lowest BCUT2D eigenvalue weighted by Crippen LogP contribution is -2.24. The van der Waals surface area contributed by atoms with Gasteiger partial charge in [-0.3, -0.25) is 4.79 Å². The van der Waals surface area contributed by atoms with Crippen LogP contribution in [0.4, 0.5) is 4.39 Å². The van der Waals surface area contributed by atoms with E-state index >= 15 is 0 Å². The van der Waals surface area contributed by atoms with Crippen molar-refractivity contribution in [3.63, 3.8) is 0 Å². The highest BCUT2D eigenvalue weighted by Gasteiger charge is 2.17. The first-order chi connectivity index (χ1) is 10.2. The maximum absolute atomic E-state index is 13.6. The molecule has 0 fully saturated rings. The van der Waals surface area contributed by atoms with Crippen LogP contribution in [0.25, 0.3) is 0 Å². The molecular formula is C16H14FNO3. The van der Waals surface area contributed by atoms with Gasteiger partial charge in [0, 0.05) is 23.2 Å². The number of hydrogen-bond donors (Lipinski definition) is 1. The Hall–Kier alpha value is -2.40. The Morgan fingerprint density at radius 2 is 2.05 bits per heavy atom. The Bertz CT molecular complexity index is 658. The Kier molecular flexibility index (Phi) is 3.83. The lowest BCUT2D eigenvalue weighted by atomic mass is 10.1. The average molecular weight is 287 g/mol. The Labute approximate surface area is 121 Å². The molecule has 0 atom stereocenters. The highest BCUT2D eigenvalue weighted by Crippen LogP contribution is 2.29. The molecule has 2 aromatic rings. The Morgan fingerprint density at radius 3 is 2.86 bits per heavy atom. The van der Waals surface area contributed by atoms with Crippen LogP contribution in [0, 0.1) is 5.82 Å². The van der Waals surface area contributed by atoms with Crippen molar-refractivity contribution in [1.29, 1.82) is 0 Å². The van der Waals surface area contributed by atoms with Crippen molar-refractivity contribution in [2.45, 2.75) is 13.2 Å². The summed E-state index contributed by atoms with van der Waals surface area (Å²) in [6, 6.07) is 11.6. The predicted octanol–water partition coefficient (Wildman–Crippen LogP) is 2.62. The third-order valence-electron chi connectivity index (χ3n) is 3.23. The number of amides is 1. The number of benzene rings is 2. The molecule has 1 amide bonds. The summed E-state index contributed by atoms with van der Waals surface area (Å²) in [6.45, 7) is 0.652. The van der Waals surface area contributed by atoms with Gasteiger partial charge in [0.25, 0.3) is 5.91 Å². The second-order valence-electron chi connectivity index (χ2n) is 4.71. The molecule has 1 N–H and O–H groups in total. The molecule has 0 saturated carbocycles. The van der Waals surface area contributed by atoms with Crippen LogP contribution in [0.2, 0.25) is 0 Å². The van der Waals surface area contributed by atoms with Crippen LogP contribution in [-0.4, -0.2) is 12.7 Å². The number of ether oxygens (including phenoxy) is 2.